The largest absolute Gasteiger partial charge is 0.441 e. The van der Waals surface area contributed by atoms with Crippen molar-refractivity contribution in [1.29, 1.82) is 0 Å². The van der Waals surface area contributed by atoms with Crippen LogP contribution in [0.5, 0.6) is 0 Å². The molecule has 1 saturated heterocycles. The molecule has 3 heterocycles. The summed E-state index contributed by atoms with van der Waals surface area (Å²) in [6.45, 7) is 3.78. The Bertz CT molecular complexity index is 976. The summed E-state index contributed by atoms with van der Waals surface area (Å²) in [4.78, 5) is 20.5. The number of primary amides is 1. The highest BCUT2D eigenvalue weighted by molar-refractivity contribution is 5.98. The molecule has 4 N–H and O–H groups in total. The lowest BCUT2D eigenvalue weighted by molar-refractivity contribution is 0.100. The number of nitrogens with two attached hydrogens (primary N) is 1. The number of hydrogen-bond donors (Lipinski definition) is 3. The van der Waals surface area contributed by atoms with Crippen LogP contribution in [0.15, 0.2) is 34.9 Å². The van der Waals surface area contributed by atoms with Crippen molar-refractivity contribution in [1.82, 2.24) is 15.3 Å². The molecule has 3 aromatic rings. The normalized spacial score (nSPS) is 15.1. The van der Waals surface area contributed by atoms with Crippen molar-refractivity contribution in [3.05, 3.63) is 53.2 Å². The van der Waals surface area contributed by atoms with Gasteiger partial charge < -0.3 is 20.8 Å². The number of aryl methyl sites for hydroxylation is 1. The first kappa shape index (κ1) is 17.5. The van der Waals surface area contributed by atoms with E-state index in [9.17, 15) is 4.79 Å². The van der Waals surface area contributed by atoms with Crippen LogP contribution in [-0.4, -0.2) is 35.0 Å². The smallest absolute Gasteiger partial charge is 0.252 e. The van der Waals surface area contributed by atoms with Crippen molar-refractivity contribution in [2.75, 3.05) is 18.4 Å². The highest BCUT2D eigenvalue weighted by Crippen LogP contribution is 2.22. The van der Waals surface area contributed by atoms with E-state index in [2.05, 4.69) is 20.6 Å². The Morgan fingerprint density at radius 1 is 1.33 bits per heavy atom. The molecule has 4 rings (SSSR count). The van der Waals surface area contributed by atoms with Crippen molar-refractivity contribution in [2.45, 2.75) is 32.2 Å². The van der Waals surface area contributed by atoms with Crippen molar-refractivity contribution >= 4 is 22.7 Å². The molecule has 0 spiro atoms. The molecule has 0 saturated carbocycles. The average Bonchev–Trinajstić information content (AvgIpc) is 3.02. The first-order valence-electron chi connectivity index (χ1n) is 9.20. The maximum Gasteiger partial charge on any atom is 0.252 e. The number of aromatic nitrogens is 2. The van der Waals surface area contributed by atoms with Gasteiger partial charge in [0.15, 0.2) is 11.5 Å². The Balaban J connectivity index is 1.59. The van der Waals surface area contributed by atoms with E-state index in [4.69, 9.17) is 10.2 Å². The molecule has 0 radical (unpaired) electrons. The Morgan fingerprint density at radius 2 is 2.15 bits per heavy atom. The number of pyridine rings is 1. The van der Waals surface area contributed by atoms with E-state index in [-0.39, 0.29) is 0 Å². The van der Waals surface area contributed by atoms with E-state index in [0.717, 1.165) is 54.0 Å². The van der Waals surface area contributed by atoms with E-state index in [1.165, 1.54) is 0 Å². The lowest BCUT2D eigenvalue weighted by Crippen LogP contribution is -2.35. The highest BCUT2D eigenvalue weighted by Gasteiger charge is 2.17. The molecule has 27 heavy (non-hydrogen) atoms. The third kappa shape index (κ3) is 3.93. The van der Waals surface area contributed by atoms with E-state index in [0.29, 0.717) is 23.9 Å². The maximum atomic E-state index is 11.8. The van der Waals surface area contributed by atoms with Gasteiger partial charge in [-0.25, -0.2) is 4.98 Å². The third-order valence-corrected chi connectivity index (χ3v) is 4.87. The summed E-state index contributed by atoms with van der Waals surface area (Å²) in [6, 6.07) is 8.21. The Kier molecular flexibility index (Phi) is 4.77. The van der Waals surface area contributed by atoms with Crippen molar-refractivity contribution in [3.8, 4) is 0 Å². The lowest BCUT2D eigenvalue weighted by Gasteiger charge is -2.25. The van der Waals surface area contributed by atoms with Crippen LogP contribution in [0, 0.1) is 6.92 Å². The SMILES string of the molecule is Cc1nc2ccc(Cc3cc(NC4CCNCC4)c(C(N)=O)cn3)cc2o1. The first-order chi connectivity index (χ1) is 13.1. The van der Waals surface area contributed by atoms with Gasteiger partial charge in [0.1, 0.15) is 5.52 Å². The van der Waals surface area contributed by atoms with Crippen LogP contribution in [0.25, 0.3) is 11.1 Å². The van der Waals surface area contributed by atoms with E-state index in [1.54, 1.807) is 6.20 Å². The predicted molar refractivity (Wildman–Crippen MR) is 104 cm³/mol. The van der Waals surface area contributed by atoms with Crippen LogP contribution in [0.2, 0.25) is 0 Å². The molecule has 0 bridgehead atoms. The lowest BCUT2D eigenvalue weighted by atomic mass is 10.0. The molecule has 2 aromatic heterocycles. The minimum Gasteiger partial charge on any atom is -0.441 e. The summed E-state index contributed by atoms with van der Waals surface area (Å²) >= 11 is 0. The molecular formula is C20H23N5O2. The number of piperidine rings is 1. The molecule has 1 aliphatic rings. The van der Waals surface area contributed by atoms with Gasteiger partial charge in [0.25, 0.3) is 5.91 Å². The predicted octanol–water partition coefficient (Wildman–Crippen LogP) is 2.38. The number of rotatable bonds is 5. The number of amides is 1. The van der Waals surface area contributed by atoms with E-state index >= 15 is 0 Å². The standard InChI is InChI=1S/C20H23N5O2/c1-12-24-17-3-2-13(9-19(17)27-12)8-15-10-18(16(11-23-15)20(21)26)25-14-4-6-22-7-5-14/h2-3,9-11,14,22H,4-8H2,1H3,(H2,21,26)(H,23,25). The van der Waals surface area contributed by atoms with Crippen molar-refractivity contribution < 1.29 is 9.21 Å². The molecule has 140 valence electrons. The van der Waals surface area contributed by atoms with Gasteiger partial charge in [0.2, 0.25) is 0 Å². The van der Waals surface area contributed by atoms with Gasteiger partial charge in [-0.3, -0.25) is 9.78 Å². The van der Waals surface area contributed by atoms with E-state index < -0.39 is 5.91 Å². The number of nitrogens with zero attached hydrogens (tertiary/aromatic N) is 2. The summed E-state index contributed by atoms with van der Waals surface area (Å²) in [5, 5.41) is 6.82. The third-order valence-electron chi connectivity index (χ3n) is 4.87. The Hall–Kier alpha value is -2.93. The van der Waals surface area contributed by atoms with Gasteiger partial charge in [-0.05, 0) is 49.7 Å². The van der Waals surface area contributed by atoms with Crippen molar-refractivity contribution in [2.24, 2.45) is 5.73 Å². The molecule has 7 nitrogen and oxygen atoms in total. The first-order valence-corrected chi connectivity index (χ1v) is 9.20. The van der Waals surface area contributed by atoms with Crippen molar-refractivity contribution in [3.63, 3.8) is 0 Å². The molecule has 0 aliphatic carbocycles. The van der Waals surface area contributed by atoms with Gasteiger partial charge in [-0.15, -0.1) is 0 Å². The molecule has 7 heteroatoms. The highest BCUT2D eigenvalue weighted by atomic mass is 16.3. The van der Waals surface area contributed by atoms with Gasteiger partial charge in [-0.2, -0.15) is 0 Å². The molecular weight excluding hydrogens is 342 g/mol. The molecule has 1 aromatic carbocycles. The second-order valence-corrected chi connectivity index (χ2v) is 6.97. The van der Waals surface area contributed by atoms with Gasteiger partial charge in [-0.1, -0.05) is 6.07 Å². The monoisotopic (exact) mass is 365 g/mol. The van der Waals surface area contributed by atoms with Crippen LogP contribution in [0.4, 0.5) is 5.69 Å². The molecule has 0 unspecified atom stereocenters. The topological polar surface area (TPSA) is 106 Å². The zero-order valence-corrected chi connectivity index (χ0v) is 15.3. The number of benzene rings is 1. The van der Waals surface area contributed by atoms with Crippen LogP contribution >= 0.6 is 0 Å². The van der Waals surface area contributed by atoms with Crippen LogP contribution in [0.3, 0.4) is 0 Å². The minimum absolute atomic E-state index is 0.327. The molecule has 1 amide bonds. The fourth-order valence-corrected chi connectivity index (χ4v) is 3.50. The minimum atomic E-state index is -0.468. The van der Waals surface area contributed by atoms with E-state index in [1.807, 2.05) is 31.2 Å². The number of hydrogen-bond acceptors (Lipinski definition) is 6. The summed E-state index contributed by atoms with van der Waals surface area (Å²) in [5.41, 5.74) is 10.3. The number of oxazole rings is 1. The van der Waals surface area contributed by atoms with Gasteiger partial charge in [0.05, 0.1) is 11.3 Å². The fraction of sp³-hybridized carbons (Fsp3) is 0.350. The average molecular weight is 365 g/mol. The molecule has 0 atom stereocenters. The van der Waals surface area contributed by atoms with Gasteiger partial charge >= 0.3 is 0 Å². The van der Waals surface area contributed by atoms with Gasteiger partial charge in [0, 0.05) is 31.3 Å². The maximum absolute atomic E-state index is 11.8. The number of carbonyl (C=O) groups is 1. The zero-order valence-electron chi connectivity index (χ0n) is 15.3. The Morgan fingerprint density at radius 3 is 2.93 bits per heavy atom. The quantitative estimate of drug-likeness (QED) is 0.641. The number of carbonyl (C=O) groups excluding carboxylic acids is 1. The second kappa shape index (κ2) is 7.36. The number of nitrogens with one attached hydrogen (secondary N) is 2. The molecule has 1 aliphatic heterocycles. The summed E-state index contributed by atoms with van der Waals surface area (Å²) in [6.07, 6.45) is 4.22. The number of fused-ring (bicyclic) bond motifs is 1. The van der Waals surface area contributed by atoms with Crippen LogP contribution < -0.4 is 16.4 Å². The molecule has 1 fully saturated rings. The fourth-order valence-electron chi connectivity index (χ4n) is 3.50. The summed E-state index contributed by atoms with van der Waals surface area (Å²) in [5.74, 6) is 0.184. The Labute approximate surface area is 157 Å². The van der Waals surface area contributed by atoms with Crippen LogP contribution in [-0.2, 0) is 6.42 Å². The van der Waals surface area contributed by atoms with Crippen LogP contribution in [0.1, 0.15) is 40.3 Å². The number of anilines is 1. The summed E-state index contributed by atoms with van der Waals surface area (Å²) < 4.78 is 5.61. The summed E-state index contributed by atoms with van der Waals surface area (Å²) in [7, 11) is 0. The second-order valence-electron chi connectivity index (χ2n) is 6.97. The zero-order chi connectivity index (χ0) is 18.8.